The van der Waals surface area contributed by atoms with Crippen molar-refractivity contribution in [3.05, 3.63) is 52.5 Å². The van der Waals surface area contributed by atoms with E-state index in [1.807, 2.05) is 38.1 Å². The summed E-state index contributed by atoms with van der Waals surface area (Å²) in [5.74, 6) is 1.15. The Balaban J connectivity index is 1.69. The molecule has 156 valence electrons. The molecule has 1 atom stereocenters. The number of methoxy groups -OCH3 is 1. The summed E-state index contributed by atoms with van der Waals surface area (Å²) in [6, 6.07) is 11.0. The zero-order chi connectivity index (χ0) is 21.0. The van der Waals surface area contributed by atoms with Crippen LogP contribution in [0.4, 0.5) is 0 Å². The number of piperidine rings is 1. The molecule has 0 bridgehead atoms. The number of aromatic hydroxyl groups is 1. The molecule has 6 heteroatoms. The highest BCUT2D eigenvalue weighted by Crippen LogP contribution is 2.35. The van der Waals surface area contributed by atoms with Crippen molar-refractivity contribution < 1.29 is 19.4 Å². The Kier molecular flexibility index (Phi) is 7.04. The number of phenolic OH excluding ortho intramolecular Hbond substituents is 1. The van der Waals surface area contributed by atoms with Crippen molar-refractivity contribution in [2.24, 2.45) is 5.92 Å². The van der Waals surface area contributed by atoms with Crippen LogP contribution in [0.2, 0.25) is 5.02 Å². The highest BCUT2D eigenvalue weighted by atomic mass is 35.5. The lowest BCUT2D eigenvalue weighted by atomic mass is 9.89. The summed E-state index contributed by atoms with van der Waals surface area (Å²) in [6.07, 6.45) is 1.91. The van der Waals surface area contributed by atoms with Crippen LogP contribution in [0.3, 0.4) is 0 Å². The van der Waals surface area contributed by atoms with Gasteiger partial charge in [0.05, 0.1) is 18.2 Å². The number of likely N-dealkylation sites (tertiary alicyclic amines) is 1. The number of carbonyl (C=O) groups is 1. The van der Waals surface area contributed by atoms with Gasteiger partial charge in [0, 0.05) is 24.6 Å². The maximum absolute atomic E-state index is 13.1. The van der Waals surface area contributed by atoms with Gasteiger partial charge in [-0.1, -0.05) is 23.7 Å². The Hall–Kier alpha value is -2.24. The van der Waals surface area contributed by atoms with Gasteiger partial charge in [-0.15, -0.1) is 0 Å². The van der Waals surface area contributed by atoms with Crippen molar-refractivity contribution in [1.29, 1.82) is 0 Å². The maximum Gasteiger partial charge on any atom is 0.176 e. The van der Waals surface area contributed by atoms with E-state index in [4.69, 9.17) is 21.1 Å². The highest BCUT2D eigenvalue weighted by molar-refractivity contribution is 6.32. The van der Waals surface area contributed by atoms with Gasteiger partial charge in [-0.25, -0.2) is 0 Å². The van der Waals surface area contributed by atoms with Crippen LogP contribution in [0.15, 0.2) is 36.4 Å². The normalized spacial score (nSPS) is 17.3. The van der Waals surface area contributed by atoms with E-state index in [1.54, 1.807) is 12.1 Å². The number of ether oxygens (including phenoxy) is 2. The number of nitrogens with zero attached hydrogens (tertiary/aromatic N) is 1. The van der Waals surface area contributed by atoms with E-state index in [-0.39, 0.29) is 28.6 Å². The Bertz CT molecular complexity index is 868. The number of benzene rings is 2. The van der Waals surface area contributed by atoms with Crippen LogP contribution >= 0.6 is 11.6 Å². The lowest BCUT2D eigenvalue weighted by Gasteiger charge is -2.32. The molecule has 1 aliphatic heterocycles. The van der Waals surface area contributed by atoms with E-state index in [9.17, 15) is 9.90 Å². The molecule has 1 N–H and O–H groups in total. The average molecular weight is 418 g/mol. The summed E-state index contributed by atoms with van der Waals surface area (Å²) in [6.45, 7) is 6.20. The highest BCUT2D eigenvalue weighted by Gasteiger charge is 2.27. The molecule has 1 heterocycles. The fourth-order valence-electron chi connectivity index (χ4n) is 3.78. The predicted molar refractivity (Wildman–Crippen MR) is 114 cm³/mol. The van der Waals surface area contributed by atoms with Crippen molar-refractivity contribution in [3.8, 4) is 17.2 Å². The minimum Gasteiger partial charge on any atom is -0.503 e. The second-order valence-electron chi connectivity index (χ2n) is 7.76. The Morgan fingerprint density at radius 1 is 1.31 bits per heavy atom. The number of halogens is 1. The second-order valence-corrected chi connectivity index (χ2v) is 8.17. The van der Waals surface area contributed by atoms with Gasteiger partial charge in [-0.3, -0.25) is 9.69 Å². The van der Waals surface area contributed by atoms with Gasteiger partial charge in [0.15, 0.2) is 17.3 Å². The molecular weight excluding hydrogens is 390 g/mol. The van der Waals surface area contributed by atoms with Gasteiger partial charge in [0.1, 0.15) is 5.75 Å². The molecule has 0 aliphatic carbocycles. The molecule has 5 nitrogen and oxygen atoms in total. The summed E-state index contributed by atoms with van der Waals surface area (Å²) in [5.41, 5.74) is 1.65. The number of phenols is 1. The van der Waals surface area contributed by atoms with E-state index < -0.39 is 0 Å². The van der Waals surface area contributed by atoms with Crippen molar-refractivity contribution >= 4 is 17.4 Å². The van der Waals surface area contributed by atoms with Crippen LogP contribution in [0.5, 0.6) is 17.2 Å². The lowest BCUT2D eigenvalue weighted by Crippen LogP contribution is -2.38. The van der Waals surface area contributed by atoms with Crippen LogP contribution in [-0.4, -0.2) is 42.1 Å². The van der Waals surface area contributed by atoms with E-state index in [2.05, 4.69) is 4.90 Å². The molecule has 1 saturated heterocycles. The number of hydrogen-bond acceptors (Lipinski definition) is 5. The molecule has 1 aliphatic rings. The molecule has 0 amide bonds. The third-order valence-electron chi connectivity index (χ3n) is 5.08. The number of rotatable bonds is 7. The Morgan fingerprint density at radius 3 is 2.83 bits per heavy atom. The third-order valence-corrected chi connectivity index (χ3v) is 5.37. The Morgan fingerprint density at radius 2 is 2.10 bits per heavy atom. The van der Waals surface area contributed by atoms with Crippen LogP contribution in [0.1, 0.15) is 42.6 Å². The van der Waals surface area contributed by atoms with E-state index in [1.165, 1.54) is 7.11 Å². The quantitative estimate of drug-likeness (QED) is 0.647. The zero-order valence-corrected chi connectivity index (χ0v) is 17.9. The second kappa shape index (κ2) is 9.51. The lowest BCUT2D eigenvalue weighted by molar-refractivity contribution is 0.0811. The topological polar surface area (TPSA) is 59.0 Å². The molecule has 0 spiro atoms. The van der Waals surface area contributed by atoms with Gasteiger partial charge >= 0.3 is 0 Å². The molecule has 0 aromatic heterocycles. The number of carbonyl (C=O) groups excluding carboxylic acids is 1. The largest absolute Gasteiger partial charge is 0.503 e. The maximum atomic E-state index is 13.1. The first-order chi connectivity index (χ1) is 13.9. The summed E-state index contributed by atoms with van der Waals surface area (Å²) in [4.78, 5) is 15.3. The van der Waals surface area contributed by atoms with Crippen molar-refractivity contribution in [1.82, 2.24) is 4.90 Å². The molecule has 1 fully saturated rings. The monoisotopic (exact) mass is 417 g/mol. The third kappa shape index (κ3) is 5.43. The fourth-order valence-corrected chi connectivity index (χ4v) is 4.01. The summed E-state index contributed by atoms with van der Waals surface area (Å²) in [5, 5.41) is 10.2. The van der Waals surface area contributed by atoms with Gasteiger partial charge in [-0.2, -0.15) is 0 Å². The molecular formula is C23H28ClNO4. The fraction of sp³-hybridized carbons (Fsp3) is 0.435. The Labute approximate surface area is 177 Å². The van der Waals surface area contributed by atoms with Crippen LogP contribution in [0.25, 0.3) is 0 Å². The number of hydrogen-bond donors (Lipinski definition) is 1. The SMILES string of the molecule is COc1cc(CN2CCCC(C(=O)c3cccc(OC(C)C)c3)C2)cc(Cl)c1O. The first-order valence-corrected chi connectivity index (χ1v) is 10.3. The molecule has 2 aromatic carbocycles. The minimum absolute atomic E-state index is 0.0480. The summed E-state index contributed by atoms with van der Waals surface area (Å²) >= 11 is 6.11. The molecule has 2 aromatic rings. The smallest absolute Gasteiger partial charge is 0.176 e. The number of Topliss-reactive ketones (excluding diaryl/α,β-unsaturated/α-hetero) is 1. The predicted octanol–water partition coefficient (Wildman–Crippen LogP) is 4.94. The average Bonchev–Trinajstić information content (AvgIpc) is 2.70. The molecule has 0 saturated carbocycles. The van der Waals surface area contributed by atoms with E-state index in [0.717, 1.165) is 30.7 Å². The minimum atomic E-state index is -0.0486. The van der Waals surface area contributed by atoms with Crippen molar-refractivity contribution in [3.63, 3.8) is 0 Å². The summed E-state index contributed by atoms with van der Waals surface area (Å²) in [7, 11) is 1.50. The molecule has 1 unspecified atom stereocenters. The number of ketones is 1. The molecule has 29 heavy (non-hydrogen) atoms. The molecule has 0 radical (unpaired) electrons. The molecule has 3 rings (SSSR count). The zero-order valence-electron chi connectivity index (χ0n) is 17.2. The first-order valence-electron chi connectivity index (χ1n) is 9.96. The standard InChI is InChI=1S/C23H28ClNO4/c1-15(2)29-19-8-4-6-17(12-19)22(26)18-7-5-9-25(14-18)13-16-10-20(24)23(27)21(11-16)28-3/h4,6,8,10-12,15,18,27H,5,7,9,13-14H2,1-3H3. The van der Waals surface area contributed by atoms with Crippen LogP contribution in [-0.2, 0) is 6.54 Å². The van der Waals surface area contributed by atoms with Crippen molar-refractivity contribution in [2.75, 3.05) is 20.2 Å². The van der Waals surface area contributed by atoms with Gasteiger partial charge in [0.2, 0.25) is 0 Å². The van der Waals surface area contributed by atoms with Gasteiger partial charge in [-0.05, 0) is 63.1 Å². The van der Waals surface area contributed by atoms with Crippen LogP contribution < -0.4 is 9.47 Å². The van der Waals surface area contributed by atoms with Gasteiger partial charge in [0.25, 0.3) is 0 Å². The van der Waals surface area contributed by atoms with Crippen LogP contribution in [0, 0.1) is 5.92 Å². The van der Waals surface area contributed by atoms with E-state index in [0.29, 0.717) is 24.4 Å². The first kappa shape index (κ1) is 21.5. The van der Waals surface area contributed by atoms with Gasteiger partial charge < -0.3 is 14.6 Å². The summed E-state index contributed by atoms with van der Waals surface area (Å²) < 4.78 is 10.9. The van der Waals surface area contributed by atoms with Crippen molar-refractivity contribution in [2.45, 2.75) is 39.3 Å². The van der Waals surface area contributed by atoms with E-state index >= 15 is 0 Å².